The Morgan fingerprint density at radius 1 is 0.430 bits per heavy atom. The van der Waals surface area contributed by atoms with Crippen LogP contribution in [0.3, 0.4) is 0 Å². The zero-order chi connectivity index (χ0) is 57.1. The molecule has 0 atom stereocenters. The molecule has 4 aromatic rings. The quantitative estimate of drug-likeness (QED) is 0.0272. The van der Waals surface area contributed by atoms with Crippen LogP contribution < -0.4 is 14.0 Å². The Hall–Kier alpha value is -3.88. The summed E-state index contributed by atoms with van der Waals surface area (Å²) in [6.07, 6.45) is 68.3. The monoisotopic (exact) mass is 1110 g/mol. The summed E-state index contributed by atoms with van der Waals surface area (Å²) in [5.41, 5.74) is 3.76. The van der Waals surface area contributed by atoms with Crippen LogP contribution in [-0.4, -0.2) is 26.1 Å². The van der Waals surface area contributed by atoms with Gasteiger partial charge in [0.15, 0.2) is 24.8 Å². The van der Waals surface area contributed by atoms with Gasteiger partial charge in [0, 0.05) is 48.6 Å². The summed E-state index contributed by atoms with van der Waals surface area (Å²) < 4.78 is 49.0. The van der Waals surface area contributed by atoms with E-state index in [1.807, 2.05) is 91.4 Å². The topological polar surface area (TPSA) is 65.4 Å². The van der Waals surface area contributed by atoms with Crippen LogP contribution in [0.4, 0.5) is 10.1 Å². The Balaban J connectivity index is 0.000000988. The molecule has 0 aliphatic heterocycles. The third-order valence-electron chi connectivity index (χ3n) is 15.6. The molecular weight excluding hydrogens is 994 g/mol. The lowest BCUT2D eigenvalue weighted by Gasteiger charge is -2.25. The molecule has 0 saturated heterocycles. The Kier molecular flexibility index (Phi) is 45.0. The number of anilines is 1. The number of nitrogens with zero attached hydrogens (tertiary/aromatic N) is 3. The van der Waals surface area contributed by atoms with E-state index in [2.05, 4.69) is 36.9 Å². The zero-order valence-corrected chi connectivity index (χ0v) is 52.3. The Morgan fingerprint density at radius 3 is 1.06 bits per heavy atom. The smallest absolute Gasteiger partial charge is 0.294 e. The van der Waals surface area contributed by atoms with Crippen molar-refractivity contribution in [1.82, 2.24) is 0 Å². The molecule has 0 amide bonds. The van der Waals surface area contributed by atoms with Crippen LogP contribution >= 0.6 is 0 Å². The predicted molar refractivity (Wildman–Crippen MR) is 340 cm³/mol. The van der Waals surface area contributed by atoms with E-state index < -0.39 is 10.1 Å². The second-order valence-electron chi connectivity index (χ2n) is 23.1. The van der Waals surface area contributed by atoms with Gasteiger partial charge in [-0.25, -0.2) is 13.5 Å². The van der Waals surface area contributed by atoms with Gasteiger partial charge >= 0.3 is 0 Å². The first kappa shape index (κ1) is 71.2. The molecule has 0 aliphatic carbocycles. The molecule has 4 rings (SSSR count). The molecule has 2 aromatic heterocycles. The van der Waals surface area contributed by atoms with Crippen molar-refractivity contribution in [3.05, 3.63) is 120 Å². The van der Waals surface area contributed by atoms with Crippen LogP contribution in [0, 0.1) is 12.7 Å². The first-order valence-electron chi connectivity index (χ1n) is 32.7. The molecular formula is C71H118FN3O3S+2. The zero-order valence-electron chi connectivity index (χ0n) is 51.5. The Morgan fingerprint density at radius 2 is 0.759 bits per heavy atom. The van der Waals surface area contributed by atoms with Crippen molar-refractivity contribution < 1.29 is 26.5 Å². The number of pyridine rings is 2. The lowest BCUT2D eigenvalue weighted by atomic mass is 10.0. The highest BCUT2D eigenvalue weighted by molar-refractivity contribution is 7.85. The maximum Gasteiger partial charge on any atom is 0.294 e. The van der Waals surface area contributed by atoms with Gasteiger partial charge in [0.2, 0.25) is 0 Å². The number of hydrogen-bond donors (Lipinski definition) is 1. The van der Waals surface area contributed by atoms with Crippen molar-refractivity contribution in [2.24, 2.45) is 14.1 Å². The van der Waals surface area contributed by atoms with Gasteiger partial charge in [-0.2, -0.15) is 8.42 Å². The lowest BCUT2D eigenvalue weighted by molar-refractivity contribution is -0.671. The number of unbranched alkanes of at least 4 members (excludes halogenated alkanes) is 38. The Bertz CT molecular complexity index is 2070. The molecule has 0 saturated carbocycles. The van der Waals surface area contributed by atoms with E-state index in [9.17, 15) is 8.42 Å². The third kappa shape index (κ3) is 41.7. The van der Waals surface area contributed by atoms with Crippen molar-refractivity contribution in [3.63, 3.8) is 0 Å². The van der Waals surface area contributed by atoms with Crippen molar-refractivity contribution in [2.75, 3.05) is 18.0 Å². The van der Waals surface area contributed by atoms with Gasteiger partial charge in [0.05, 0.1) is 4.90 Å². The van der Waals surface area contributed by atoms with Gasteiger partial charge < -0.3 is 4.90 Å². The van der Waals surface area contributed by atoms with Gasteiger partial charge in [0.1, 0.15) is 19.9 Å². The highest BCUT2D eigenvalue weighted by atomic mass is 32.2. The van der Waals surface area contributed by atoms with E-state index in [1.165, 1.54) is 269 Å². The van der Waals surface area contributed by atoms with Crippen LogP contribution in [-0.2, 0) is 24.2 Å². The number of aryl methyl sites for hydroxylation is 3. The minimum atomic E-state index is -4.02. The van der Waals surface area contributed by atoms with Crippen molar-refractivity contribution in [2.45, 2.75) is 282 Å². The fraction of sp³-hybridized carbons (Fsp3) is 0.662. The van der Waals surface area contributed by atoms with Gasteiger partial charge in [-0.15, -0.1) is 0 Å². The largest absolute Gasteiger partial charge is 0.371 e. The fourth-order valence-electron chi connectivity index (χ4n) is 10.3. The van der Waals surface area contributed by atoms with Gasteiger partial charge in [0.25, 0.3) is 10.1 Å². The first-order chi connectivity index (χ1) is 38.5. The SMILES string of the molecule is CCCCCCCCCCCCCCCCCCCCCCN(CCCCCCCCCCCCCCCCCCCCCC)c1ccc(C=Cc2cc[n+](C)cc2)c(F)c1.C[n+]1ccccc1.Cc1ccc(S(=O)(=O)O)cc1. The molecule has 8 heteroatoms. The van der Waals surface area contributed by atoms with Crippen molar-refractivity contribution in [1.29, 1.82) is 0 Å². The summed E-state index contributed by atoms with van der Waals surface area (Å²) in [7, 11) is -0.00406. The van der Waals surface area contributed by atoms with Crippen molar-refractivity contribution in [3.8, 4) is 0 Å². The normalized spacial score (nSPS) is 11.4. The number of aromatic nitrogens is 2. The van der Waals surface area contributed by atoms with Crippen LogP contribution in [0.2, 0.25) is 0 Å². The molecule has 0 aliphatic rings. The van der Waals surface area contributed by atoms with E-state index in [4.69, 9.17) is 4.55 Å². The summed E-state index contributed by atoms with van der Waals surface area (Å²) in [6.45, 7) is 8.52. The molecule has 6 nitrogen and oxygen atoms in total. The molecule has 2 heterocycles. The molecule has 79 heavy (non-hydrogen) atoms. The highest BCUT2D eigenvalue weighted by Gasteiger charge is 2.11. The highest BCUT2D eigenvalue weighted by Crippen LogP contribution is 2.24. The third-order valence-corrected chi connectivity index (χ3v) is 16.4. The molecule has 0 radical (unpaired) electrons. The molecule has 1 N–H and O–H groups in total. The second kappa shape index (κ2) is 49.9. The minimum absolute atomic E-state index is 0.0666. The number of halogens is 1. The molecule has 0 fully saturated rings. The number of benzene rings is 2. The number of rotatable bonds is 46. The Labute approximate surface area is 486 Å². The average molecular weight is 1110 g/mol. The van der Waals surface area contributed by atoms with E-state index in [0.29, 0.717) is 5.56 Å². The molecule has 0 unspecified atom stereocenters. The van der Waals surface area contributed by atoms with E-state index >= 15 is 4.39 Å². The minimum Gasteiger partial charge on any atom is -0.371 e. The van der Waals surface area contributed by atoms with Gasteiger partial charge in [-0.1, -0.05) is 294 Å². The average Bonchev–Trinajstić information content (AvgIpc) is 3.45. The van der Waals surface area contributed by atoms with E-state index in [-0.39, 0.29) is 10.7 Å². The summed E-state index contributed by atoms with van der Waals surface area (Å²) in [4.78, 5) is 2.42. The summed E-state index contributed by atoms with van der Waals surface area (Å²) in [5, 5.41) is 0. The molecule has 0 bridgehead atoms. The number of hydrogen-bond acceptors (Lipinski definition) is 3. The molecule has 446 valence electrons. The summed E-state index contributed by atoms with van der Waals surface area (Å²) in [6, 6.07) is 22.0. The molecule has 2 aromatic carbocycles. The van der Waals surface area contributed by atoms with Gasteiger partial charge in [-0.05, 0) is 55.7 Å². The standard InChI is InChI=1S/C58H102FN2.C7H8O3S.C6H8N/c1-4-6-8-10-12-14-16-18-20-22-24-26-28-30-32-34-36-38-40-42-50-61(57-47-46-56(58(59)54-57)45-44-55-48-52-60(3)53-49-55)51-43-41-39-37-35-33-31-29-27-25-23-21-19-17-15-13-11-9-7-5-2;1-6-2-4-7(5-3-6)11(8,9)10;1-7-5-3-2-4-6-7/h44-49,52-54H,4-43,50-51H2,1-3H3;2-5H,1H3,(H,8,9,10);2-6H,1H3/q+1;;+1. The van der Waals surface area contributed by atoms with Crippen LogP contribution in [0.1, 0.15) is 287 Å². The predicted octanol–water partition coefficient (Wildman–Crippen LogP) is 21.0. The summed E-state index contributed by atoms with van der Waals surface area (Å²) >= 11 is 0. The summed E-state index contributed by atoms with van der Waals surface area (Å²) in [5.74, 6) is -0.118. The maximum atomic E-state index is 15.4. The van der Waals surface area contributed by atoms with Crippen LogP contribution in [0.25, 0.3) is 12.2 Å². The van der Waals surface area contributed by atoms with Crippen LogP contribution in [0.5, 0.6) is 0 Å². The lowest BCUT2D eigenvalue weighted by Crippen LogP contribution is -2.26. The maximum absolute atomic E-state index is 15.4. The van der Waals surface area contributed by atoms with E-state index in [0.717, 1.165) is 29.9 Å². The van der Waals surface area contributed by atoms with Gasteiger partial charge in [-0.3, -0.25) is 4.55 Å². The van der Waals surface area contributed by atoms with Crippen LogP contribution in [0.15, 0.2) is 102 Å². The fourth-order valence-corrected chi connectivity index (χ4v) is 10.8. The van der Waals surface area contributed by atoms with Crippen molar-refractivity contribution >= 4 is 28.0 Å². The van der Waals surface area contributed by atoms with E-state index in [1.54, 1.807) is 18.2 Å². The second-order valence-corrected chi connectivity index (χ2v) is 24.5. The first-order valence-corrected chi connectivity index (χ1v) is 34.1. The molecule has 0 spiro atoms.